The molecule has 0 bridgehead atoms. The molecule has 0 aromatic rings. The largest absolute Gasteiger partial charge is 0.481 e. The number of carbonyl (C=O) groups is 2. The second-order valence-electron chi connectivity index (χ2n) is 2.90. The van der Waals surface area contributed by atoms with Crippen LogP contribution in [0.15, 0.2) is 11.6 Å². The van der Waals surface area contributed by atoms with Gasteiger partial charge in [0.15, 0.2) is 0 Å². The monoisotopic (exact) mass is 186 g/mol. The molecule has 0 aromatic heterocycles. The summed E-state index contributed by atoms with van der Waals surface area (Å²) in [6, 6.07) is 0. The maximum Gasteiger partial charge on any atom is 0.331 e. The molecule has 0 rings (SSSR count). The summed E-state index contributed by atoms with van der Waals surface area (Å²) in [7, 11) is 0. The number of rotatable bonds is 5. The van der Waals surface area contributed by atoms with Gasteiger partial charge in [0, 0.05) is 5.57 Å². The summed E-state index contributed by atoms with van der Waals surface area (Å²) < 4.78 is 0. The highest BCUT2D eigenvalue weighted by Crippen LogP contribution is 2.12. The first-order valence-corrected chi connectivity index (χ1v) is 4.10. The van der Waals surface area contributed by atoms with Gasteiger partial charge in [-0.2, -0.15) is 0 Å². The van der Waals surface area contributed by atoms with Gasteiger partial charge in [0.25, 0.3) is 0 Å². The summed E-state index contributed by atoms with van der Waals surface area (Å²) in [5.74, 6) is -2.35. The number of aliphatic carboxylic acids is 2. The van der Waals surface area contributed by atoms with Gasteiger partial charge in [-0.25, -0.2) is 4.79 Å². The van der Waals surface area contributed by atoms with Gasteiger partial charge >= 0.3 is 11.9 Å². The van der Waals surface area contributed by atoms with E-state index in [1.165, 1.54) is 6.08 Å². The van der Waals surface area contributed by atoms with Gasteiger partial charge < -0.3 is 10.2 Å². The topological polar surface area (TPSA) is 74.6 Å². The van der Waals surface area contributed by atoms with E-state index in [4.69, 9.17) is 10.2 Å². The van der Waals surface area contributed by atoms with Gasteiger partial charge in [-0.3, -0.25) is 4.79 Å². The molecule has 4 heteroatoms. The van der Waals surface area contributed by atoms with E-state index in [0.717, 1.165) is 0 Å². The Morgan fingerprint density at radius 3 is 2.23 bits per heavy atom. The summed E-state index contributed by atoms with van der Waals surface area (Å²) >= 11 is 0. The van der Waals surface area contributed by atoms with E-state index in [1.807, 2.05) is 0 Å². The Morgan fingerprint density at radius 2 is 1.92 bits per heavy atom. The van der Waals surface area contributed by atoms with Gasteiger partial charge in [0.1, 0.15) is 0 Å². The summed E-state index contributed by atoms with van der Waals surface area (Å²) in [6.45, 7) is 3.20. The molecule has 0 saturated carbocycles. The van der Waals surface area contributed by atoms with E-state index in [2.05, 4.69) is 0 Å². The van der Waals surface area contributed by atoms with E-state index >= 15 is 0 Å². The molecule has 0 saturated heterocycles. The molecule has 0 radical (unpaired) electrons. The van der Waals surface area contributed by atoms with Crippen molar-refractivity contribution in [1.82, 2.24) is 0 Å². The van der Waals surface area contributed by atoms with E-state index < -0.39 is 17.9 Å². The van der Waals surface area contributed by atoms with Crippen molar-refractivity contribution in [3.63, 3.8) is 0 Å². The normalized spacial score (nSPS) is 13.8. The first-order chi connectivity index (χ1) is 5.99. The number of carboxylic acids is 2. The van der Waals surface area contributed by atoms with Crippen LogP contribution in [-0.4, -0.2) is 22.2 Å². The van der Waals surface area contributed by atoms with Crippen LogP contribution >= 0.6 is 0 Å². The van der Waals surface area contributed by atoms with Crippen molar-refractivity contribution >= 4 is 11.9 Å². The Bertz CT molecular complexity index is 230. The first kappa shape index (κ1) is 11.7. The van der Waals surface area contributed by atoms with Crippen LogP contribution in [0.25, 0.3) is 0 Å². The lowest BCUT2D eigenvalue weighted by atomic mass is 10.0. The van der Waals surface area contributed by atoms with Gasteiger partial charge in [-0.15, -0.1) is 0 Å². The Hall–Kier alpha value is -1.32. The van der Waals surface area contributed by atoms with Crippen LogP contribution in [0.4, 0.5) is 0 Å². The quantitative estimate of drug-likeness (QED) is 0.638. The van der Waals surface area contributed by atoms with Gasteiger partial charge in [0.05, 0.1) is 5.92 Å². The highest BCUT2D eigenvalue weighted by atomic mass is 16.4. The molecule has 0 aliphatic carbocycles. The summed E-state index contributed by atoms with van der Waals surface area (Å²) in [4.78, 5) is 20.9. The maximum absolute atomic E-state index is 10.5. The number of hydrogen-bond donors (Lipinski definition) is 2. The van der Waals surface area contributed by atoms with Gasteiger partial charge in [-0.05, 0) is 19.8 Å². The van der Waals surface area contributed by atoms with E-state index in [1.54, 1.807) is 13.8 Å². The molecule has 4 nitrogen and oxygen atoms in total. The van der Waals surface area contributed by atoms with Crippen LogP contribution in [-0.2, 0) is 9.59 Å². The smallest absolute Gasteiger partial charge is 0.331 e. The summed E-state index contributed by atoms with van der Waals surface area (Å²) in [5, 5.41) is 17.1. The Balaban J connectivity index is 4.01. The molecule has 0 aliphatic heterocycles. The third-order valence-electron chi connectivity index (χ3n) is 1.89. The predicted octanol–water partition coefficient (Wildman–Crippen LogP) is 1.52. The lowest BCUT2D eigenvalue weighted by Crippen LogP contribution is -2.11. The fourth-order valence-corrected chi connectivity index (χ4v) is 0.870. The number of hydrogen-bond acceptors (Lipinski definition) is 2. The molecule has 2 N–H and O–H groups in total. The maximum atomic E-state index is 10.5. The Labute approximate surface area is 76.9 Å². The molecule has 0 aliphatic rings. The van der Waals surface area contributed by atoms with Crippen molar-refractivity contribution < 1.29 is 19.8 Å². The summed E-state index contributed by atoms with van der Waals surface area (Å²) in [5.41, 5.74) is 0.271. The zero-order valence-electron chi connectivity index (χ0n) is 7.78. The van der Waals surface area contributed by atoms with Crippen LogP contribution < -0.4 is 0 Å². The molecule has 0 amide bonds. The van der Waals surface area contributed by atoms with E-state index in [9.17, 15) is 9.59 Å². The second kappa shape index (κ2) is 5.35. The van der Waals surface area contributed by atoms with Crippen molar-refractivity contribution in [1.29, 1.82) is 0 Å². The fourth-order valence-electron chi connectivity index (χ4n) is 0.870. The minimum absolute atomic E-state index is 0.271. The van der Waals surface area contributed by atoms with Crippen LogP contribution in [0.1, 0.15) is 26.7 Å². The van der Waals surface area contributed by atoms with Gasteiger partial charge in [-0.1, -0.05) is 13.0 Å². The van der Waals surface area contributed by atoms with Gasteiger partial charge in [0.2, 0.25) is 0 Å². The van der Waals surface area contributed by atoms with Crippen LogP contribution in [0.2, 0.25) is 0 Å². The molecule has 13 heavy (non-hydrogen) atoms. The van der Waals surface area contributed by atoms with Crippen molar-refractivity contribution in [2.75, 3.05) is 0 Å². The average molecular weight is 186 g/mol. The first-order valence-electron chi connectivity index (χ1n) is 4.10. The highest BCUT2D eigenvalue weighted by Gasteiger charge is 2.13. The van der Waals surface area contributed by atoms with Crippen LogP contribution in [0.5, 0.6) is 0 Å². The highest BCUT2D eigenvalue weighted by molar-refractivity contribution is 5.86. The molecule has 0 aromatic carbocycles. The van der Waals surface area contributed by atoms with Crippen molar-refractivity contribution in [2.45, 2.75) is 26.7 Å². The minimum atomic E-state index is -0.972. The third-order valence-corrected chi connectivity index (χ3v) is 1.89. The SMILES string of the molecule is CC=C(CCC(C)C(=O)O)C(=O)O. The zero-order valence-corrected chi connectivity index (χ0v) is 7.78. The fraction of sp³-hybridized carbons (Fsp3) is 0.556. The molecule has 0 fully saturated rings. The molecular formula is C9H14O4. The van der Waals surface area contributed by atoms with Crippen molar-refractivity contribution in [3.8, 4) is 0 Å². The number of carboxylic acid groups (broad SMARTS) is 2. The Morgan fingerprint density at radius 1 is 1.38 bits per heavy atom. The van der Waals surface area contributed by atoms with Crippen LogP contribution in [0.3, 0.4) is 0 Å². The van der Waals surface area contributed by atoms with Crippen molar-refractivity contribution in [3.05, 3.63) is 11.6 Å². The minimum Gasteiger partial charge on any atom is -0.481 e. The molecule has 1 atom stereocenters. The third kappa shape index (κ3) is 4.30. The second-order valence-corrected chi connectivity index (χ2v) is 2.90. The average Bonchev–Trinajstić information content (AvgIpc) is 2.04. The van der Waals surface area contributed by atoms with E-state index in [0.29, 0.717) is 12.8 Å². The van der Waals surface area contributed by atoms with Crippen LogP contribution in [0, 0.1) is 5.92 Å². The molecular weight excluding hydrogens is 172 g/mol. The Kier molecular flexibility index (Phi) is 4.80. The lowest BCUT2D eigenvalue weighted by molar-refractivity contribution is -0.141. The molecule has 0 spiro atoms. The molecule has 0 heterocycles. The standard InChI is InChI=1S/C9H14O4/c1-3-7(9(12)13)5-4-6(2)8(10)11/h3,6H,4-5H2,1-2H3,(H,10,11)(H,12,13). The summed E-state index contributed by atoms with van der Waals surface area (Å²) in [6.07, 6.45) is 2.16. The molecule has 74 valence electrons. The zero-order chi connectivity index (χ0) is 10.4. The predicted molar refractivity (Wildman–Crippen MR) is 47.4 cm³/mol. The number of allylic oxidation sites excluding steroid dienone is 1. The van der Waals surface area contributed by atoms with Crippen molar-refractivity contribution in [2.24, 2.45) is 5.92 Å². The lowest BCUT2D eigenvalue weighted by Gasteiger charge is -2.05. The molecule has 1 unspecified atom stereocenters. The van der Waals surface area contributed by atoms with E-state index in [-0.39, 0.29) is 5.57 Å².